The van der Waals surface area contributed by atoms with E-state index >= 15 is 0 Å². The zero-order valence-electron chi connectivity index (χ0n) is 8.25. The molecule has 3 heteroatoms. The molecule has 0 aromatic heterocycles. The van der Waals surface area contributed by atoms with Gasteiger partial charge < -0.3 is 10.4 Å². The van der Waals surface area contributed by atoms with Gasteiger partial charge in [-0.1, -0.05) is 26.2 Å². The maximum Gasteiger partial charge on any atom is 0.320 e. The lowest BCUT2D eigenvalue weighted by atomic mass is 9.98. The number of unbranched alkanes of at least 4 members (excludes halogenated alkanes) is 2. The van der Waals surface area contributed by atoms with Gasteiger partial charge in [0, 0.05) is 0 Å². The highest BCUT2D eigenvalue weighted by molar-refractivity contribution is 5.73. The van der Waals surface area contributed by atoms with Crippen LogP contribution in [0.1, 0.15) is 39.0 Å². The molecule has 1 saturated heterocycles. The third-order valence-electron chi connectivity index (χ3n) is 2.74. The second-order valence-electron chi connectivity index (χ2n) is 3.90. The molecule has 1 rings (SSSR count). The van der Waals surface area contributed by atoms with E-state index in [1.165, 1.54) is 25.7 Å². The predicted molar refractivity (Wildman–Crippen MR) is 51.7 cm³/mol. The molecular weight excluding hydrogens is 166 g/mol. The Kier molecular flexibility index (Phi) is 4.22. The molecule has 1 heterocycles. The quantitative estimate of drug-likeness (QED) is 0.640. The van der Waals surface area contributed by atoms with Crippen LogP contribution in [0, 0.1) is 5.92 Å². The topological polar surface area (TPSA) is 49.3 Å². The van der Waals surface area contributed by atoms with Crippen molar-refractivity contribution in [3.05, 3.63) is 0 Å². The minimum atomic E-state index is -0.696. The Hall–Kier alpha value is -0.570. The maximum atomic E-state index is 10.6. The van der Waals surface area contributed by atoms with Crippen LogP contribution in [-0.4, -0.2) is 23.7 Å². The van der Waals surface area contributed by atoms with Crippen LogP contribution in [0.25, 0.3) is 0 Å². The highest BCUT2D eigenvalue weighted by atomic mass is 16.4. The van der Waals surface area contributed by atoms with Gasteiger partial charge in [-0.2, -0.15) is 0 Å². The van der Waals surface area contributed by atoms with E-state index in [0.717, 1.165) is 13.0 Å². The fourth-order valence-electron chi connectivity index (χ4n) is 1.90. The van der Waals surface area contributed by atoms with Gasteiger partial charge in [-0.05, 0) is 25.3 Å². The Bertz CT molecular complexity index is 170. The third kappa shape index (κ3) is 3.35. The molecule has 13 heavy (non-hydrogen) atoms. The molecule has 0 unspecified atom stereocenters. The van der Waals surface area contributed by atoms with Crippen molar-refractivity contribution in [2.45, 2.75) is 45.1 Å². The number of hydrogen-bond acceptors (Lipinski definition) is 2. The monoisotopic (exact) mass is 185 g/mol. The Morgan fingerprint density at radius 3 is 2.85 bits per heavy atom. The van der Waals surface area contributed by atoms with Crippen molar-refractivity contribution in [2.24, 2.45) is 5.92 Å². The Balaban J connectivity index is 2.14. The van der Waals surface area contributed by atoms with Crippen molar-refractivity contribution in [1.82, 2.24) is 5.32 Å². The number of carboxylic acids is 1. The lowest BCUT2D eigenvalue weighted by Gasteiger charge is -2.06. The van der Waals surface area contributed by atoms with Gasteiger partial charge in [0.05, 0.1) is 0 Å². The van der Waals surface area contributed by atoms with E-state index in [1.807, 2.05) is 0 Å². The number of nitrogens with one attached hydrogen (secondary N) is 1. The highest BCUT2D eigenvalue weighted by Crippen LogP contribution is 2.20. The molecule has 1 aliphatic heterocycles. The molecular formula is C10H19NO2. The van der Waals surface area contributed by atoms with E-state index in [1.54, 1.807) is 0 Å². The molecule has 3 nitrogen and oxygen atoms in total. The molecule has 0 aromatic rings. The summed E-state index contributed by atoms with van der Waals surface area (Å²) < 4.78 is 0. The first-order valence-electron chi connectivity index (χ1n) is 5.20. The number of carboxylic acid groups (broad SMARTS) is 1. The van der Waals surface area contributed by atoms with Gasteiger partial charge >= 0.3 is 5.97 Å². The first-order valence-corrected chi connectivity index (χ1v) is 5.20. The average Bonchev–Trinajstić information content (AvgIpc) is 2.53. The van der Waals surface area contributed by atoms with E-state index in [4.69, 9.17) is 5.11 Å². The number of aliphatic carboxylic acids is 1. The standard InChI is InChI=1S/C10H19NO2/c1-2-3-4-5-8-6-9(10(12)13)11-7-8/h8-9,11H,2-7H2,1H3,(H,12,13)/t8-,9+/m1/s1. The molecule has 76 valence electrons. The third-order valence-corrected chi connectivity index (χ3v) is 2.74. The van der Waals surface area contributed by atoms with Gasteiger partial charge in [0.15, 0.2) is 0 Å². The second kappa shape index (κ2) is 5.22. The minimum Gasteiger partial charge on any atom is -0.480 e. The SMILES string of the molecule is CCCCC[C@H]1CN[C@H](C(=O)O)C1. The number of hydrogen-bond donors (Lipinski definition) is 2. The molecule has 0 saturated carbocycles. The molecule has 2 atom stereocenters. The van der Waals surface area contributed by atoms with E-state index in [9.17, 15) is 4.79 Å². The fourth-order valence-corrected chi connectivity index (χ4v) is 1.90. The summed E-state index contributed by atoms with van der Waals surface area (Å²) in [5.74, 6) is -0.106. The molecule has 2 N–H and O–H groups in total. The summed E-state index contributed by atoms with van der Waals surface area (Å²) in [5, 5.41) is 11.8. The predicted octanol–water partition coefficient (Wildman–Crippen LogP) is 1.63. The van der Waals surface area contributed by atoms with Crippen molar-refractivity contribution >= 4 is 5.97 Å². The van der Waals surface area contributed by atoms with Crippen molar-refractivity contribution in [3.63, 3.8) is 0 Å². The second-order valence-corrected chi connectivity index (χ2v) is 3.90. The van der Waals surface area contributed by atoms with Gasteiger partial charge in [-0.25, -0.2) is 0 Å². The summed E-state index contributed by atoms with van der Waals surface area (Å²) in [6, 6.07) is -0.286. The maximum absolute atomic E-state index is 10.6. The van der Waals surface area contributed by atoms with Crippen LogP contribution in [0.2, 0.25) is 0 Å². The fraction of sp³-hybridized carbons (Fsp3) is 0.900. The summed E-state index contributed by atoms with van der Waals surface area (Å²) in [6.45, 7) is 3.08. The summed E-state index contributed by atoms with van der Waals surface area (Å²) in [4.78, 5) is 10.6. The first kappa shape index (κ1) is 10.5. The van der Waals surface area contributed by atoms with Gasteiger partial charge in [0.1, 0.15) is 6.04 Å². The van der Waals surface area contributed by atoms with E-state index in [2.05, 4.69) is 12.2 Å². The molecule has 0 radical (unpaired) electrons. The molecule has 0 aromatic carbocycles. The van der Waals surface area contributed by atoms with E-state index in [0.29, 0.717) is 5.92 Å². The zero-order chi connectivity index (χ0) is 9.68. The lowest BCUT2D eigenvalue weighted by Crippen LogP contribution is -2.29. The summed E-state index contributed by atoms with van der Waals surface area (Å²) in [5.41, 5.74) is 0. The molecule has 0 bridgehead atoms. The average molecular weight is 185 g/mol. The zero-order valence-corrected chi connectivity index (χ0v) is 8.25. The van der Waals surface area contributed by atoms with E-state index in [-0.39, 0.29) is 6.04 Å². The number of carbonyl (C=O) groups is 1. The normalized spacial score (nSPS) is 27.8. The summed E-state index contributed by atoms with van der Waals surface area (Å²) >= 11 is 0. The summed E-state index contributed by atoms with van der Waals surface area (Å²) in [7, 11) is 0. The van der Waals surface area contributed by atoms with Crippen LogP contribution in [0.4, 0.5) is 0 Å². The van der Waals surface area contributed by atoms with Crippen molar-refractivity contribution < 1.29 is 9.90 Å². The Morgan fingerprint density at radius 2 is 2.31 bits per heavy atom. The molecule has 0 amide bonds. The van der Waals surface area contributed by atoms with Gasteiger partial charge in [0.2, 0.25) is 0 Å². The highest BCUT2D eigenvalue weighted by Gasteiger charge is 2.28. The minimum absolute atomic E-state index is 0.286. The van der Waals surface area contributed by atoms with Crippen LogP contribution < -0.4 is 5.32 Å². The molecule has 0 spiro atoms. The van der Waals surface area contributed by atoms with Crippen LogP contribution in [0.5, 0.6) is 0 Å². The smallest absolute Gasteiger partial charge is 0.320 e. The van der Waals surface area contributed by atoms with Crippen LogP contribution in [-0.2, 0) is 4.79 Å². The Labute approximate surface area is 79.5 Å². The molecule has 1 fully saturated rings. The Morgan fingerprint density at radius 1 is 1.54 bits per heavy atom. The van der Waals surface area contributed by atoms with Gasteiger partial charge in [0.25, 0.3) is 0 Å². The molecule has 0 aliphatic carbocycles. The lowest BCUT2D eigenvalue weighted by molar-refractivity contribution is -0.139. The van der Waals surface area contributed by atoms with Crippen molar-refractivity contribution in [2.75, 3.05) is 6.54 Å². The summed E-state index contributed by atoms with van der Waals surface area (Å²) in [6.07, 6.45) is 5.76. The number of rotatable bonds is 5. The first-order chi connectivity index (χ1) is 6.24. The van der Waals surface area contributed by atoms with Crippen molar-refractivity contribution in [3.8, 4) is 0 Å². The van der Waals surface area contributed by atoms with Crippen LogP contribution in [0.15, 0.2) is 0 Å². The van der Waals surface area contributed by atoms with E-state index < -0.39 is 5.97 Å². The van der Waals surface area contributed by atoms with Gasteiger partial charge in [-0.15, -0.1) is 0 Å². The largest absolute Gasteiger partial charge is 0.480 e. The van der Waals surface area contributed by atoms with Crippen LogP contribution >= 0.6 is 0 Å². The van der Waals surface area contributed by atoms with Gasteiger partial charge in [-0.3, -0.25) is 4.79 Å². The van der Waals surface area contributed by atoms with Crippen molar-refractivity contribution in [1.29, 1.82) is 0 Å². The molecule has 1 aliphatic rings. The van der Waals surface area contributed by atoms with Crippen LogP contribution in [0.3, 0.4) is 0 Å².